The highest BCUT2D eigenvalue weighted by Gasteiger charge is 2.05. The quantitative estimate of drug-likeness (QED) is 0.669. The first-order valence-corrected chi connectivity index (χ1v) is 5.25. The number of nitrogen functional groups attached to an aromatic ring is 1. The van der Waals surface area contributed by atoms with Gasteiger partial charge in [-0.1, -0.05) is 24.3 Å². The van der Waals surface area contributed by atoms with E-state index in [0.29, 0.717) is 5.56 Å². The van der Waals surface area contributed by atoms with Crippen LogP contribution in [0.15, 0.2) is 48.5 Å². The van der Waals surface area contributed by atoms with Gasteiger partial charge < -0.3 is 10.5 Å². The second kappa shape index (κ2) is 6.07. The topological polar surface area (TPSA) is 52.3 Å². The Hall–Kier alpha value is -2.00. The Balaban J connectivity index is 0.00000162. The minimum absolute atomic E-state index is 0. The van der Waals surface area contributed by atoms with Gasteiger partial charge in [0.15, 0.2) is 0 Å². The van der Waals surface area contributed by atoms with Gasteiger partial charge in [0.25, 0.3) is 0 Å². The largest absolute Gasteiger partial charge is 0.465 e. The van der Waals surface area contributed by atoms with E-state index in [4.69, 9.17) is 5.73 Å². The number of nitrogens with two attached hydrogens (primary N) is 1. The molecule has 0 fully saturated rings. The van der Waals surface area contributed by atoms with Crippen LogP contribution in [0.3, 0.4) is 0 Å². The molecule has 4 heteroatoms. The smallest absolute Gasteiger partial charge is 0.337 e. The number of methoxy groups -OCH3 is 1. The Morgan fingerprint density at radius 3 is 2.28 bits per heavy atom. The van der Waals surface area contributed by atoms with Gasteiger partial charge in [0.1, 0.15) is 0 Å². The molecule has 0 aliphatic carbocycles. The molecule has 0 atom stereocenters. The molecule has 3 nitrogen and oxygen atoms in total. The fraction of sp³-hybridized carbons (Fsp3) is 0.0714. The van der Waals surface area contributed by atoms with Gasteiger partial charge in [-0.3, -0.25) is 0 Å². The molecule has 0 amide bonds. The van der Waals surface area contributed by atoms with Crippen LogP contribution >= 0.6 is 12.4 Å². The molecule has 0 aliphatic rings. The van der Waals surface area contributed by atoms with E-state index in [0.717, 1.165) is 16.8 Å². The van der Waals surface area contributed by atoms with E-state index in [9.17, 15) is 4.79 Å². The van der Waals surface area contributed by atoms with Crippen molar-refractivity contribution < 1.29 is 9.53 Å². The number of anilines is 1. The molecule has 0 heterocycles. The van der Waals surface area contributed by atoms with Crippen molar-refractivity contribution in [3.05, 3.63) is 54.1 Å². The molecular weight excluding hydrogens is 250 g/mol. The van der Waals surface area contributed by atoms with Crippen molar-refractivity contribution in [1.29, 1.82) is 0 Å². The lowest BCUT2D eigenvalue weighted by atomic mass is 10.0. The predicted octanol–water partition coefficient (Wildman–Crippen LogP) is 3.14. The summed E-state index contributed by atoms with van der Waals surface area (Å²) >= 11 is 0. The maximum Gasteiger partial charge on any atom is 0.337 e. The molecule has 0 saturated carbocycles. The second-order valence-electron chi connectivity index (χ2n) is 3.69. The molecule has 0 saturated heterocycles. The van der Waals surface area contributed by atoms with Crippen LogP contribution in [0.1, 0.15) is 10.4 Å². The van der Waals surface area contributed by atoms with Gasteiger partial charge in [-0.25, -0.2) is 4.79 Å². The lowest BCUT2D eigenvalue weighted by Crippen LogP contribution is -2.00. The minimum Gasteiger partial charge on any atom is -0.465 e. The van der Waals surface area contributed by atoms with E-state index < -0.39 is 0 Å². The van der Waals surface area contributed by atoms with E-state index in [1.165, 1.54) is 7.11 Å². The van der Waals surface area contributed by atoms with Crippen molar-refractivity contribution >= 4 is 24.1 Å². The van der Waals surface area contributed by atoms with Gasteiger partial charge in [0, 0.05) is 5.69 Å². The van der Waals surface area contributed by atoms with Gasteiger partial charge in [-0.2, -0.15) is 0 Å². The fourth-order valence-electron chi connectivity index (χ4n) is 1.63. The summed E-state index contributed by atoms with van der Waals surface area (Å²) in [6, 6.07) is 14.8. The molecule has 2 rings (SSSR count). The Kier molecular flexibility index (Phi) is 4.75. The summed E-state index contributed by atoms with van der Waals surface area (Å²) in [4.78, 5) is 11.3. The standard InChI is InChI=1S/C14H13NO2.ClH/c1-17-14(16)11-7-5-10(6-8-11)12-3-2-4-13(15)9-12;/h2-9H,15H2,1H3;1H. The number of benzene rings is 2. The summed E-state index contributed by atoms with van der Waals surface area (Å²) in [6.07, 6.45) is 0. The molecule has 0 unspecified atom stereocenters. The van der Waals surface area contributed by atoms with E-state index in [1.54, 1.807) is 12.1 Å². The third-order valence-corrected chi connectivity index (χ3v) is 2.53. The van der Waals surface area contributed by atoms with Crippen molar-refractivity contribution in [1.82, 2.24) is 0 Å². The maximum atomic E-state index is 11.3. The van der Waals surface area contributed by atoms with Crippen LogP contribution in [-0.4, -0.2) is 13.1 Å². The van der Waals surface area contributed by atoms with Crippen molar-refractivity contribution in [2.75, 3.05) is 12.8 Å². The average molecular weight is 264 g/mol. The average Bonchev–Trinajstić information content (AvgIpc) is 2.38. The molecule has 0 spiro atoms. The Morgan fingerprint density at radius 2 is 1.72 bits per heavy atom. The van der Waals surface area contributed by atoms with E-state index >= 15 is 0 Å². The summed E-state index contributed by atoms with van der Waals surface area (Å²) < 4.78 is 4.64. The van der Waals surface area contributed by atoms with E-state index in [2.05, 4.69) is 4.74 Å². The molecule has 2 N–H and O–H groups in total. The van der Waals surface area contributed by atoms with Gasteiger partial charge >= 0.3 is 5.97 Å². The highest BCUT2D eigenvalue weighted by molar-refractivity contribution is 5.90. The maximum absolute atomic E-state index is 11.3. The van der Waals surface area contributed by atoms with Crippen LogP contribution < -0.4 is 5.73 Å². The normalized spacial score (nSPS) is 9.39. The summed E-state index contributed by atoms with van der Waals surface area (Å²) in [5, 5.41) is 0. The van der Waals surface area contributed by atoms with Crippen molar-refractivity contribution in [2.24, 2.45) is 0 Å². The molecule has 2 aromatic rings. The second-order valence-corrected chi connectivity index (χ2v) is 3.69. The van der Waals surface area contributed by atoms with Crippen LogP contribution in [0.4, 0.5) is 5.69 Å². The van der Waals surface area contributed by atoms with Gasteiger partial charge in [0.2, 0.25) is 0 Å². The first-order valence-electron chi connectivity index (χ1n) is 5.25. The van der Waals surface area contributed by atoms with Gasteiger partial charge in [0.05, 0.1) is 12.7 Å². The summed E-state index contributed by atoms with van der Waals surface area (Å²) in [6.45, 7) is 0. The number of ether oxygens (including phenoxy) is 1. The number of carbonyl (C=O) groups excluding carboxylic acids is 1. The molecule has 0 bridgehead atoms. The number of carbonyl (C=O) groups is 1. The zero-order valence-corrected chi connectivity index (χ0v) is 10.7. The first-order chi connectivity index (χ1) is 8.20. The lowest BCUT2D eigenvalue weighted by Gasteiger charge is -2.04. The van der Waals surface area contributed by atoms with E-state index in [-0.39, 0.29) is 18.4 Å². The molecule has 0 aliphatic heterocycles. The first kappa shape index (κ1) is 14.1. The number of rotatable bonds is 2. The number of hydrogen-bond donors (Lipinski definition) is 1. The van der Waals surface area contributed by atoms with Crippen LogP contribution in [-0.2, 0) is 4.74 Å². The Bertz CT molecular complexity index is 538. The van der Waals surface area contributed by atoms with Gasteiger partial charge in [-0.05, 0) is 35.4 Å². The predicted molar refractivity (Wildman–Crippen MR) is 74.9 cm³/mol. The highest BCUT2D eigenvalue weighted by atomic mass is 35.5. The molecule has 0 aromatic heterocycles. The molecular formula is C14H14ClNO2. The van der Waals surface area contributed by atoms with Crippen LogP contribution in [0.2, 0.25) is 0 Å². The molecule has 2 aromatic carbocycles. The molecule has 94 valence electrons. The summed E-state index contributed by atoms with van der Waals surface area (Å²) in [5.41, 5.74) is 9.03. The Labute approximate surface area is 112 Å². The zero-order valence-electron chi connectivity index (χ0n) is 9.92. The van der Waals surface area contributed by atoms with E-state index in [1.807, 2.05) is 36.4 Å². The lowest BCUT2D eigenvalue weighted by molar-refractivity contribution is 0.0601. The summed E-state index contributed by atoms with van der Waals surface area (Å²) in [7, 11) is 1.37. The number of halogens is 1. The van der Waals surface area contributed by atoms with Crippen LogP contribution in [0.25, 0.3) is 11.1 Å². The third-order valence-electron chi connectivity index (χ3n) is 2.53. The van der Waals surface area contributed by atoms with Crippen molar-refractivity contribution in [3.8, 4) is 11.1 Å². The highest BCUT2D eigenvalue weighted by Crippen LogP contribution is 2.21. The molecule has 18 heavy (non-hydrogen) atoms. The number of esters is 1. The zero-order chi connectivity index (χ0) is 12.3. The van der Waals surface area contributed by atoms with Crippen LogP contribution in [0.5, 0.6) is 0 Å². The van der Waals surface area contributed by atoms with Crippen molar-refractivity contribution in [3.63, 3.8) is 0 Å². The number of hydrogen-bond acceptors (Lipinski definition) is 3. The fourth-order valence-corrected chi connectivity index (χ4v) is 1.63. The van der Waals surface area contributed by atoms with Crippen molar-refractivity contribution in [2.45, 2.75) is 0 Å². The minimum atomic E-state index is -0.330. The monoisotopic (exact) mass is 263 g/mol. The SMILES string of the molecule is COC(=O)c1ccc(-c2cccc(N)c2)cc1.Cl. The molecule has 0 radical (unpaired) electrons. The van der Waals surface area contributed by atoms with Gasteiger partial charge in [-0.15, -0.1) is 12.4 Å². The summed E-state index contributed by atoms with van der Waals surface area (Å²) in [5.74, 6) is -0.330. The Morgan fingerprint density at radius 1 is 1.06 bits per heavy atom. The van der Waals surface area contributed by atoms with Crippen LogP contribution in [0, 0.1) is 0 Å². The third kappa shape index (κ3) is 3.02.